The van der Waals surface area contributed by atoms with E-state index in [0.717, 1.165) is 0 Å². The number of hydrogen-bond donors (Lipinski definition) is 2. The van der Waals surface area contributed by atoms with Crippen molar-refractivity contribution in [2.24, 2.45) is 0 Å². The zero-order chi connectivity index (χ0) is 13.7. The number of amides is 1. The van der Waals surface area contributed by atoms with Gasteiger partial charge in [0.1, 0.15) is 0 Å². The Kier molecular flexibility index (Phi) is 3.92. The first-order valence-corrected chi connectivity index (χ1v) is 5.82. The molecule has 0 aliphatic rings. The molecular formula is C13H14N4O2. The lowest BCUT2D eigenvalue weighted by atomic mass is 10.1. The second kappa shape index (κ2) is 5.81. The number of para-hydroxylation sites is 1. The lowest BCUT2D eigenvalue weighted by Gasteiger charge is -2.12. The molecule has 19 heavy (non-hydrogen) atoms. The van der Waals surface area contributed by atoms with Crippen molar-refractivity contribution in [1.29, 1.82) is 0 Å². The Bertz CT molecular complexity index is 572. The van der Waals surface area contributed by atoms with Crippen LogP contribution in [0.3, 0.4) is 0 Å². The fraction of sp³-hybridized carbons (Fsp3) is 0.154. The molecule has 1 heterocycles. The molecule has 0 atom stereocenters. The van der Waals surface area contributed by atoms with Crippen LogP contribution in [0.5, 0.6) is 5.75 Å². The minimum Gasteiger partial charge on any atom is -0.491 e. The van der Waals surface area contributed by atoms with Gasteiger partial charge in [0, 0.05) is 6.20 Å². The summed E-state index contributed by atoms with van der Waals surface area (Å²) in [6.07, 6.45) is 1.53. The SMILES string of the molecule is CCOc1c(N)cccc1C(=O)Nc1cccnn1. The van der Waals surface area contributed by atoms with Crippen LogP contribution in [0.2, 0.25) is 0 Å². The zero-order valence-electron chi connectivity index (χ0n) is 10.5. The fourth-order valence-corrected chi connectivity index (χ4v) is 1.59. The summed E-state index contributed by atoms with van der Waals surface area (Å²) < 4.78 is 5.40. The number of nitrogens with two attached hydrogens (primary N) is 1. The molecule has 2 rings (SSSR count). The summed E-state index contributed by atoms with van der Waals surface area (Å²) in [4.78, 5) is 12.1. The molecule has 0 saturated heterocycles. The van der Waals surface area contributed by atoms with Gasteiger partial charge in [0.15, 0.2) is 11.6 Å². The minimum absolute atomic E-state index is 0.337. The van der Waals surface area contributed by atoms with E-state index in [1.165, 1.54) is 6.20 Å². The van der Waals surface area contributed by atoms with Crippen molar-refractivity contribution in [3.63, 3.8) is 0 Å². The number of benzene rings is 1. The molecule has 1 amide bonds. The topological polar surface area (TPSA) is 90.1 Å². The summed E-state index contributed by atoms with van der Waals surface area (Å²) in [6.45, 7) is 2.26. The average molecular weight is 258 g/mol. The van der Waals surface area contributed by atoms with E-state index in [1.807, 2.05) is 6.92 Å². The third-order valence-electron chi connectivity index (χ3n) is 2.39. The summed E-state index contributed by atoms with van der Waals surface area (Å²) in [7, 11) is 0. The first kappa shape index (κ1) is 12.8. The van der Waals surface area contributed by atoms with Gasteiger partial charge < -0.3 is 15.8 Å². The Balaban J connectivity index is 2.26. The third kappa shape index (κ3) is 2.98. The summed E-state index contributed by atoms with van der Waals surface area (Å²) >= 11 is 0. The number of nitrogens with zero attached hydrogens (tertiary/aromatic N) is 2. The molecule has 0 bridgehead atoms. The Morgan fingerprint density at radius 1 is 1.37 bits per heavy atom. The van der Waals surface area contributed by atoms with Gasteiger partial charge in [0.2, 0.25) is 0 Å². The molecule has 0 saturated carbocycles. The van der Waals surface area contributed by atoms with Crippen LogP contribution in [0, 0.1) is 0 Å². The molecule has 1 aromatic heterocycles. The highest BCUT2D eigenvalue weighted by molar-refractivity contribution is 6.06. The maximum Gasteiger partial charge on any atom is 0.260 e. The Morgan fingerprint density at radius 3 is 2.89 bits per heavy atom. The molecule has 0 fully saturated rings. The molecular weight excluding hydrogens is 244 g/mol. The van der Waals surface area contributed by atoms with Gasteiger partial charge in [-0.1, -0.05) is 6.07 Å². The van der Waals surface area contributed by atoms with Crippen molar-refractivity contribution < 1.29 is 9.53 Å². The molecule has 0 aliphatic heterocycles. The van der Waals surface area contributed by atoms with Crippen molar-refractivity contribution >= 4 is 17.4 Å². The third-order valence-corrected chi connectivity index (χ3v) is 2.39. The van der Waals surface area contributed by atoms with E-state index in [1.54, 1.807) is 30.3 Å². The second-order valence-corrected chi connectivity index (χ2v) is 3.72. The van der Waals surface area contributed by atoms with Gasteiger partial charge in [-0.2, -0.15) is 5.10 Å². The van der Waals surface area contributed by atoms with E-state index < -0.39 is 0 Å². The van der Waals surface area contributed by atoms with E-state index in [0.29, 0.717) is 29.4 Å². The van der Waals surface area contributed by atoms with Crippen LogP contribution in [-0.2, 0) is 0 Å². The molecule has 6 heteroatoms. The normalized spacial score (nSPS) is 9.95. The molecule has 0 unspecified atom stereocenters. The second-order valence-electron chi connectivity index (χ2n) is 3.72. The van der Waals surface area contributed by atoms with Crippen molar-refractivity contribution in [2.75, 3.05) is 17.7 Å². The van der Waals surface area contributed by atoms with Gasteiger partial charge in [-0.3, -0.25) is 4.79 Å². The lowest BCUT2D eigenvalue weighted by Crippen LogP contribution is -2.15. The van der Waals surface area contributed by atoms with Crippen LogP contribution in [-0.4, -0.2) is 22.7 Å². The number of aromatic nitrogens is 2. The standard InChI is InChI=1S/C13H14N4O2/c1-2-19-12-9(5-3-6-10(12)14)13(18)16-11-7-4-8-15-17-11/h3-8H,2,14H2,1H3,(H,16,17,18). The number of ether oxygens (including phenoxy) is 1. The number of carbonyl (C=O) groups excluding carboxylic acids is 1. The monoisotopic (exact) mass is 258 g/mol. The molecule has 0 radical (unpaired) electrons. The van der Waals surface area contributed by atoms with Crippen LogP contribution >= 0.6 is 0 Å². The Morgan fingerprint density at radius 2 is 2.21 bits per heavy atom. The van der Waals surface area contributed by atoms with Crippen LogP contribution in [0.25, 0.3) is 0 Å². The van der Waals surface area contributed by atoms with Crippen molar-refractivity contribution in [1.82, 2.24) is 10.2 Å². The largest absolute Gasteiger partial charge is 0.491 e. The van der Waals surface area contributed by atoms with Gasteiger partial charge in [0.25, 0.3) is 5.91 Å². The van der Waals surface area contributed by atoms with Crippen LogP contribution in [0.15, 0.2) is 36.5 Å². The van der Waals surface area contributed by atoms with Gasteiger partial charge in [-0.05, 0) is 31.2 Å². The zero-order valence-corrected chi connectivity index (χ0v) is 10.5. The van der Waals surface area contributed by atoms with E-state index in [4.69, 9.17) is 10.5 Å². The number of hydrogen-bond acceptors (Lipinski definition) is 5. The quantitative estimate of drug-likeness (QED) is 0.815. The number of nitrogen functional groups attached to an aromatic ring is 1. The maximum absolute atomic E-state index is 12.1. The average Bonchev–Trinajstić information content (AvgIpc) is 2.42. The van der Waals surface area contributed by atoms with E-state index in [2.05, 4.69) is 15.5 Å². The van der Waals surface area contributed by atoms with E-state index in [-0.39, 0.29) is 5.91 Å². The highest BCUT2D eigenvalue weighted by Gasteiger charge is 2.15. The molecule has 1 aromatic carbocycles. The predicted molar refractivity (Wildman–Crippen MR) is 72.0 cm³/mol. The summed E-state index contributed by atoms with van der Waals surface area (Å²) in [6, 6.07) is 8.36. The lowest BCUT2D eigenvalue weighted by molar-refractivity contribution is 0.102. The summed E-state index contributed by atoms with van der Waals surface area (Å²) in [5, 5.41) is 10.1. The molecule has 3 N–H and O–H groups in total. The van der Waals surface area contributed by atoms with Crippen LogP contribution in [0.4, 0.5) is 11.5 Å². The Hall–Kier alpha value is -2.63. The van der Waals surface area contributed by atoms with Crippen LogP contribution in [0.1, 0.15) is 17.3 Å². The number of carbonyl (C=O) groups is 1. The van der Waals surface area contributed by atoms with E-state index >= 15 is 0 Å². The van der Waals surface area contributed by atoms with Crippen molar-refractivity contribution in [2.45, 2.75) is 6.92 Å². The van der Waals surface area contributed by atoms with E-state index in [9.17, 15) is 4.79 Å². The smallest absolute Gasteiger partial charge is 0.260 e. The highest BCUT2D eigenvalue weighted by Crippen LogP contribution is 2.26. The van der Waals surface area contributed by atoms with Crippen molar-refractivity contribution in [3.8, 4) is 5.75 Å². The number of rotatable bonds is 4. The minimum atomic E-state index is -0.337. The molecule has 0 spiro atoms. The molecule has 0 aliphatic carbocycles. The first-order valence-electron chi connectivity index (χ1n) is 5.82. The fourth-order valence-electron chi connectivity index (χ4n) is 1.59. The number of anilines is 2. The summed E-state index contributed by atoms with van der Waals surface area (Å²) in [5.41, 5.74) is 6.60. The first-order chi connectivity index (χ1) is 9.22. The highest BCUT2D eigenvalue weighted by atomic mass is 16.5. The maximum atomic E-state index is 12.1. The van der Waals surface area contributed by atoms with Gasteiger partial charge >= 0.3 is 0 Å². The Labute approximate surface area is 110 Å². The summed E-state index contributed by atoms with van der Waals surface area (Å²) in [5.74, 6) is 0.417. The van der Waals surface area contributed by atoms with Gasteiger partial charge in [-0.15, -0.1) is 5.10 Å². The molecule has 6 nitrogen and oxygen atoms in total. The molecule has 2 aromatic rings. The molecule has 98 valence electrons. The number of nitrogens with one attached hydrogen (secondary N) is 1. The predicted octanol–water partition coefficient (Wildman–Crippen LogP) is 1.71. The van der Waals surface area contributed by atoms with Gasteiger partial charge in [0.05, 0.1) is 17.9 Å². The van der Waals surface area contributed by atoms with Gasteiger partial charge in [-0.25, -0.2) is 0 Å². The van der Waals surface area contributed by atoms with Crippen molar-refractivity contribution in [3.05, 3.63) is 42.1 Å². The van der Waals surface area contributed by atoms with Crippen LogP contribution < -0.4 is 15.8 Å².